The third kappa shape index (κ3) is 3.67. The Kier molecular flexibility index (Phi) is 4.66. The zero-order valence-corrected chi connectivity index (χ0v) is 16.0. The van der Waals surface area contributed by atoms with E-state index in [-0.39, 0.29) is 11.8 Å². The minimum atomic E-state index is -3.38. The normalized spacial score (nSPS) is 16.6. The summed E-state index contributed by atoms with van der Waals surface area (Å²) in [7, 11) is -1.74. The number of ether oxygens (including phenoxy) is 1. The fourth-order valence-electron chi connectivity index (χ4n) is 3.43. The summed E-state index contributed by atoms with van der Waals surface area (Å²) in [5.74, 6) is 0.641. The van der Waals surface area contributed by atoms with Gasteiger partial charge in [0.2, 0.25) is 15.9 Å². The average molecular weight is 374 g/mol. The first kappa shape index (κ1) is 18.3. The monoisotopic (exact) mass is 374 g/mol. The molecule has 0 radical (unpaired) electrons. The van der Waals surface area contributed by atoms with Gasteiger partial charge in [-0.25, -0.2) is 8.42 Å². The highest BCUT2D eigenvalue weighted by molar-refractivity contribution is 7.92. The number of amides is 1. The second-order valence-corrected chi connectivity index (χ2v) is 8.41. The molecule has 1 heterocycles. The van der Waals surface area contributed by atoms with Crippen molar-refractivity contribution in [2.75, 3.05) is 23.4 Å². The lowest BCUT2D eigenvalue weighted by Crippen LogP contribution is -2.24. The number of hydrogen-bond donors (Lipinski definition) is 2. The number of nitrogens with one attached hydrogen (secondary N) is 2. The van der Waals surface area contributed by atoms with Crippen molar-refractivity contribution in [3.8, 4) is 5.75 Å². The molecule has 26 heavy (non-hydrogen) atoms. The smallest absolute Gasteiger partial charge is 0.229 e. The summed E-state index contributed by atoms with van der Waals surface area (Å²) in [6.07, 6.45) is 1.44. The molecule has 2 aromatic carbocycles. The molecule has 3 rings (SSSR count). The summed E-state index contributed by atoms with van der Waals surface area (Å²) in [4.78, 5) is 12.3. The molecular formula is C19H22N2O4S. The zero-order chi connectivity index (χ0) is 19.1. The maximum atomic E-state index is 12.3. The van der Waals surface area contributed by atoms with Gasteiger partial charge >= 0.3 is 0 Å². The van der Waals surface area contributed by atoms with Crippen LogP contribution in [0.4, 0.5) is 11.4 Å². The van der Waals surface area contributed by atoms with Gasteiger partial charge in [-0.05, 0) is 54.3 Å². The lowest BCUT2D eigenvalue weighted by molar-refractivity contribution is -0.116. The van der Waals surface area contributed by atoms with Gasteiger partial charge < -0.3 is 10.1 Å². The van der Waals surface area contributed by atoms with Crippen molar-refractivity contribution in [2.45, 2.75) is 26.2 Å². The van der Waals surface area contributed by atoms with Crippen molar-refractivity contribution in [3.63, 3.8) is 0 Å². The minimum Gasteiger partial charge on any atom is -0.496 e. The van der Waals surface area contributed by atoms with Gasteiger partial charge in [-0.3, -0.25) is 9.52 Å². The van der Waals surface area contributed by atoms with E-state index in [2.05, 4.69) is 16.1 Å². The van der Waals surface area contributed by atoms with Gasteiger partial charge in [0, 0.05) is 18.0 Å². The highest BCUT2D eigenvalue weighted by Gasteiger charge is 2.28. The van der Waals surface area contributed by atoms with Crippen molar-refractivity contribution < 1.29 is 17.9 Å². The van der Waals surface area contributed by atoms with E-state index in [4.69, 9.17) is 4.74 Å². The summed E-state index contributed by atoms with van der Waals surface area (Å²) in [6, 6.07) is 9.29. The van der Waals surface area contributed by atoms with Gasteiger partial charge in [0.1, 0.15) is 5.75 Å². The van der Waals surface area contributed by atoms with Gasteiger partial charge in [0.05, 0.1) is 19.1 Å². The minimum absolute atomic E-state index is 0.0874. The Bertz CT molecular complexity index is 983. The van der Waals surface area contributed by atoms with Crippen molar-refractivity contribution in [3.05, 3.63) is 52.6 Å². The van der Waals surface area contributed by atoms with Crippen LogP contribution in [0.1, 0.15) is 34.6 Å². The fraction of sp³-hybridized carbons (Fsp3) is 0.316. The van der Waals surface area contributed by atoms with E-state index < -0.39 is 10.0 Å². The summed E-state index contributed by atoms with van der Waals surface area (Å²) >= 11 is 0. The molecule has 0 spiro atoms. The topological polar surface area (TPSA) is 84.5 Å². The van der Waals surface area contributed by atoms with Crippen molar-refractivity contribution in [2.24, 2.45) is 0 Å². The third-order valence-corrected chi connectivity index (χ3v) is 5.16. The maximum Gasteiger partial charge on any atom is 0.229 e. The predicted molar refractivity (Wildman–Crippen MR) is 102 cm³/mol. The second kappa shape index (κ2) is 6.64. The van der Waals surface area contributed by atoms with Crippen LogP contribution in [0.15, 0.2) is 30.3 Å². The Morgan fingerprint density at radius 2 is 1.85 bits per heavy atom. The number of rotatable bonds is 4. The van der Waals surface area contributed by atoms with Crippen LogP contribution in [-0.4, -0.2) is 27.7 Å². The van der Waals surface area contributed by atoms with Crippen LogP contribution in [0.25, 0.3) is 0 Å². The molecule has 0 aromatic heterocycles. The predicted octanol–water partition coefficient (Wildman–Crippen LogP) is 3.16. The molecule has 7 heteroatoms. The molecule has 0 saturated carbocycles. The van der Waals surface area contributed by atoms with Gasteiger partial charge in [0.15, 0.2) is 0 Å². The molecule has 138 valence electrons. The highest BCUT2D eigenvalue weighted by atomic mass is 32.2. The number of benzene rings is 2. The SMILES string of the molecule is COc1cc(C)c([C@H]2CC(=O)Nc3cc(NS(C)(=O)=O)ccc32)cc1C. The Morgan fingerprint density at radius 1 is 1.12 bits per heavy atom. The van der Waals surface area contributed by atoms with Crippen LogP contribution in [0.2, 0.25) is 0 Å². The largest absolute Gasteiger partial charge is 0.496 e. The molecule has 1 aliphatic rings. The number of sulfonamides is 1. The van der Waals surface area contributed by atoms with E-state index in [0.717, 1.165) is 34.3 Å². The third-order valence-electron chi connectivity index (χ3n) is 4.55. The summed E-state index contributed by atoms with van der Waals surface area (Å²) in [5.41, 5.74) is 5.16. The van der Waals surface area contributed by atoms with Gasteiger partial charge in [-0.2, -0.15) is 0 Å². The Hall–Kier alpha value is -2.54. The lowest BCUT2D eigenvalue weighted by atomic mass is 9.82. The zero-order valence-electron chi connectivity index (χ0n) is 15.2. The van der Waals surface area contributed by atoms with Crippen molar-refractivity contribution in [1.29, 1.82) is 0 Å². The summed E-state index contributed by atoms with van der Waals surface area (Å²) in [6.45, 7) is 3.98. The number of aryl methyl sites for hydroxylation is 2. The Balaban J connectivity index is 2.07. The molecule has 0 unspecified atom stereocenters. The molecule has 1 aliphatic heterocycles. The number of methoxy groups -OCH3 is 1. The number of carbonyl (C=O) groups is 1. The van der Waals surface area contributed by atoms with E-state index in [9.17, 15) is 13.2 Å². The number of hydrogen-bond acceptors (Lipinski definition) is 4. The van der Waals surface area contributed by atoms with E-state index >= 15 is 0 Å². The van der Waals surface area contributed by atoms with E-state index in [1.165, 1.54) is 0 Å². The molecule has 2 N–H and O–H groups in total. The molecule has 0 aliphatic carbocycles. The van der Waals surface area contributed by atoms with E-state index in [0.29, 0.717) is 17.8 Å². The Morgan fingerprint density at radius 3 is 2.50 bits per heavy atom. The van der Waals surface area contributed by atoms with Gasteiger partial charge in [-0.1, -0.05) is 12.1 Å². The van der Waals surface area contributed by atoms with Crippen LogP contribution in [0.3, 0.4) is 0 Å². The standard InChI is InChI=1S/C19H22N2O4S/c1-11-8-18(25-3)12(2)7-15(11)16-10-19(22)20-17-9-13(5-6-14(16)17)21-26(4,23)24/h5-9,16,21H,10H2,1-4H3,(H,20,22)/t16-/m0/s1. The summed E-state index contributed by atoms with van der Waals surface area (Å²) < 4.78 is 30.7. The molecule has 1 amide bonds. The first-order valence-electron chi connectivity index (χ1n) is 8.24. The van der Waals surface area contributed by atoms with E-state index in [1.54, 1.807) is 19.2 Å². The quantitative estimate of drug-likeness (QED) is 0.861. The number of fused-ring (bicyclic) bond motifs is 1. The van der Waals surface area contributed by atoms with Crippen LogP contribution in [-0.2, 0) is 14.8 Å². The first-order valence-corrected chi connectivity index (χ1v) is 10.1. The Labute approximate surface area is 153 Å². The first-order chi connectivity index (χ1) is 12.2. The van der Waals surface area contributed by atoms with Crippen molar-refractivity contribution in [1.82, 2.24) is 0 Å². The molecule has 1 atom stereocenters. The molecule has 0 fully saturated rings. The molecule has 0 saturated heterocycles. The number of anilines is 2. The van der Waals surface area contributed by atoms with E-state index in [1.807, 2.05) is 26.0 Å². The molecule has 0 bridgehead atoms. The number of carbonyl (C=O) groups excluding carboxylic acids is 1. The maximum absolute atomic E-state index is 12.3. The molecule has 6 nitrogen and oxygen atoms in total. The van der Waals surface area contributed by atoms with Crippen LogP contribution in [0, 0.1) is 13.8 Å². The highest BCUT2D eigenvalue weighted by Crippen LogP contribution is 2.41. The lowest BCUT2D eigenvalue weighted by Gasteiger charge is -2.28. The second-order valence-electron chi connectivity index (χ2n) is 6.66. The van der Waals surface area contributed by atoms with Crippen LogP contribution < -0.4 is 14.8 Å². The fourth-order valence-corrected chi connectivity index (χ4v) is 3.98. The van der Waals surface area contributed by atoms with Crippen molar-refractivity contribution >= 4 is 27.3 Å². The van der Waals surface area contributed by atoms with Crippen LogP contribution >= 0.6 is 0 Å². The van der Waals surface area contributed by atoms with Crippen LogP contribution in [0.5, 0.6) is 5.75 Å². The molecular weight excluding hydrogens is 352 g/mol. The van der Waals surface area contributed by atoms with Gasteiger partial charge in [-0.15, -0.1) is 0 Å². The molecule has 2 aromatic rings. The van der Waals surface area contributed by atoms with Gasteiger partial charge in [0.25, 0.3) is 0 Å². The summed E-state index contributed by atoms with van der Waals surface area (Å²) in [5, 5.41) is 2.84. The average Bonchev–Trinajstić information content (AvgIpc) is 2.54.